The van der Waals surface area contributed by atoms with E-state index < -0.39 is 0 Å². The lowest BCUT2D eigenvalue weighted by atomic mass is 9.71. The van der Waals surface area contributed by atoms with Gasteiger partial charge in [0.15, 0.2) is 0 Å². The topological polar surface area (TPSA) is 32.3 Å². The summed E-state index contributed by atoms with van der Waals surface area (Å²) in [4.78, 5) is 0. The van der Waals surface area contributed by atoms with E-state index in [0.717, 1.165) is 24.8 Å². The standard InChI is InChI=1S/C15H31NO/c1-4-9-16-15(8-10-17)7-5-6-14(12-15)11-13(2)3/h13-14,16-17H,4-12H2,1-3H3. The lowest BCUT2D eigenvalue weighted by Crippen LogP contribution is -2.49. The Morgan fingerprint density at radius 2 is 2.18 bits per heavy atom. The van der Waals surface area contributed by atoms with Gasteiger partial charge in [0.05, 0.1) is 0 Å². The summed E-state index contributed by atoms with van der Waals surface area (Å²) in [5.41, 5.74) is 0.239. The first-order valence-electron chi connectivity index (χ1n) is 7.48. The molecular weight excluding hydrogens is 210 g/mol. The van der Waals surface area contributed by atoms with Crippen molar-refractivity contribution in [3.63, 3.8) is 0 Å². The van der Waals surface area contributed by atoms with Crippen molar-refractivity contribution in [2.24, 2.45) is 11.8 Å². The van der Waals surface area contributed by atoms with Gasteiger partial charge in [-0.15, -0.1) is 0 Å². The van der Waals surface area contributed by atoms with E-state index in [4.69, 9.17) is 0 Å². The zero-order valence-electron chi connectivity index (χ0n) is 12.0. The zero-order chi connectivity index (χ0) is 12.7. The number of rotatable bonds is 7. The van der Waals surface area contributed by atoms with Crippen molar-refractivity contribution in [3.05, 3.63) is 0 Å². The van der Waals surface area contributed by atoms with Crippen LogP contribution in [0.15, 0.2) is 0 Å². The third-order valence-corrected chi connectivity index (χ3v) is 4.09. The van der Waals surface area contributed by atoms with E-state index >= 15 is 0 Å². The van der Waals surface area contributed by atoms with Crippen LogP contribution in [0.4, 0.5) is 0 Å². The number of nitrogens with one attached hydrogen (secondary N) is 1. The van der Waals surface area contributed by atoms with Gasteiger partial charge in [0.25, 0.3) is 0 Å². The van der Waals surface area contributed by atoms with Crippen molar-refractivity contribution in [2.45, 2.75) is 71.3 Å². The fourth-order valence-electron chi connectivity index (χ4n) is 3.43. The molecule has 1 fully saturated rings. The molecule has 0 spiro atoms. The molecule has 0 aliphatic heterocycles. The van der Waals surface area contributed by atoms with Gasteiger partial charge in [-0.3, -0.25) is 0 Å². The summed E-state index contributed by atoms with van der Waals surface area (Å²) in [6, 6.07) is 0. The summed E-state index contributed by atoms with van der Waals surface area (Å²) in [6.07, 6.45) is 8.70. The average Bonchev–Trinajstić information content (AvgIpc) is 2.26. The smallest absolute Gasteiger partial charge is 0.0448 e. The summed E-state index contributed by atoms with van der Waals surface area (Å²) in [5, 5.41) is 13.0. The van der Waals surface area contributed by atoms with E-state index in [-0.39, 0.29) is 5.54 Å². The van der Waals surface area contributed by atoms with Crippen molar-refractivity contribution in [2.75, 3.05) is 13.2 Å². The molecule has 2 unspecified atom stereocenters. The van der Waals surface area contributed by atoms with Crippen LogP contribution in [0.5, 0.6) is 0 Å². The molecule has 0 aromatic heterocycles. The summed E-state index contributed by atoms with van der Waals surface area (Å²) >= 11 is 0. The predicted octanol–water partition coefficient (Wildman–Crippen LogP) is 3.34. The van der Waals surface area contributed by atoms with Crippen molar-refractivity contribution in [3.8, 4) is 0 Å². The van der Waals surface area contributed by atoms with Gasteiger partial charge in [0, 0.05) is 12.1 Å². The van der Waals surface area contributed by atoms with E-state index in [2.05, 4.69) is 26.1 Å². The largest absolute Gasteiger partial charge is 0.396 e. The molecule has 1 aliphatic carbocycles. The Morgan fingerprint density at radius 1 is 1.41 bits per heavy atom. The van der Waals surface area contributed by atoms with E-state index in [9.17, 15) is 5.11 Å². The molecule has 1 rings (SSSR count). The van der Waals surface area contributed by atoms with Crippen LogP contribution in [0.3, 0.4) is 0 Å². The first-order chi connectivity index (χ1) is 8.12. The van der Waals surface area contributed by atoms with Gasteiger partial charge in [0.1, 0.15) is 0 Å². The zero-order valence-corrected chi connectivity index (χ0v) is 12.0. The molecule has 1 aliphatic rings. The molecule has 17 heavy (non-hydrogen) atoms. The maximum Gasteiger partial charge on any atom is 0.0448 e. The van der Waals surface area contributed by atoms with E-state index in [1.54, 1.807) is 0 Å². The van der Waals surface area contributed by atoms with Crippen LogP contribution in [-0.2, 0) is 0 Å². The highest BCUT2D eigenvalue weighted by molar-refractivity contribution is 4.93. The maximum absolute atomic E-state index is 9.31. The quantitative estimate of drug-likeness (QED) is 0.716. The van der Waals surface area contributed by atoms with Gasteiger partial charge < -0.3 is 10.4 Å². The molecule has 0 aromatic carbocycles. The van der Waals surface area contributed by atoms with Crippen molar-refractivity contribution >= 4 is 0 Å². The Bertz CT molecular complexity index is 201. The van der Waals surface area contributed by atoms with E-state index in [1.807, 2.05) is 0 Å². The Kier molecular flexibility index (Phi) is 6.50. The molecule has 2 nitrogen and oxygen atoms in total. The normalized spacial score (nSPS) is 29.8. The van der Waals surface area contributed by atoms with Crippen LogP contribution in [0.2, 0.25) is 0 Å². The molecule has 2 N–H and O–H groups in total. The summed E-state index contributed by atoms with van der Waals surface area (Å²) < 4.78 is 0. The summed E-state index contributed by atoms with van der Waals surface area (Å²) in [5.74, 6) is 1.66. The molecule has 0 radical (unpaired) electrons. The van der Waals surface area contributed by atoms with Crippen LogP contribution in [0, 0.1) is 11.8 Å². The molecule has 0 heterocycles. The first-order valence-corrected chi connectivity index (χ1v) is 7.48. The fourth-order valence-corrected chi connectivity index (χ4v) is 3.43. The molecule has 102 valence electrons. The average molecular weight is 241 g/mol. The SMILES string of the molecule is CCCNC1(CCO)CCCC(CC(C)C)C1. The lowest BCUT2D eigenvalue weighted by molar-refractivity contribution is 0.125. The van der Waals surface area contributed by atoms with Gasteiger partial charge >= 0.3 is 0 Å². The highest BCUT2D eigenvalue weighted by Gasteiger charge is 2.35. The minimum Gasteiger partial charge on any atom is -0.396 e. The van der Waals surface area contributed by atoms with Gasteiger partial charge in [-0.1, -0.05) is 33.6 Å². The minimum atomic E-state index is 0.239. The maximum atomic E-state index is 9.31. The van der Waals surface area contributed by atoms with Crippen LogP contribution in [0.1, 0.15) is 65.7 Å². The molecule has 0 saturated heterocycles. The minimum absolute atomic E-state index is 0.239. The monoisotopic (exact) mass is 241 g/mol. The summed E-state index contributed by atoms with van der Waals surface area (Å²) in [7, 11) is 0. The third kappa shape index (κ3) is 4.97. The second kappa shape index (κ2) is 7.38. The van der Waals surface area contributed by atoms with Crippen molar-refractivity contribution < 1.29 is 5.11 Å². The van der Waals surface area contributed by atoms with Gasteiger partial charge in [-0.2, -0.15) is 0 Å². The van der Waals surface area contributed by atoms with Gasteiger partial charge in [-0.25, -0.2) is 0 Å². The fraction of sp³-hybridized carbons (Fsp3) is 1.00. The van der Waals surface area contributed by atoms with Crippen LogP contribution in [0.25, 0.3) is 0 Å². The summed E-state index contributed by atoms with van der Waals surface area (Å²) in [6.45, 7) is 8.27. The number of hydrogen-bond acceptors (Lipinski definition) is 2. The van der Waals surface area contributed by atoms with Gasteiger partial charge in [0.2, 0.25) is 0 Å². The lowest BCUT2D eigenvalue weighted by Gasteiger charge is -2.42. The highest BCUT2D eigenvalue weighted by atomic mass is 16.3. The van der Waals surface area contributed by atoms with E-state index in [0.29, 0.717) is 6.61 Å². The number of aliphatic hydroxyl groups is 1. The van der Waals surface area contributed by atoms with Crippen LogP contribution >= 0.6 is 0 Å². The van der Waals surface area contributed by atoms with Crippen molar-refractivity contribution in [1.29, 1.82) is 0 Å². The van der Waals surface area contributed by atoms with Crippen molar-refractivity contribution in [1.82, 2.24) is 5.32 Å². The second-order valence-corrected chi connectivity index (χ2v) is 6.27. The Labute approximate surface area is 107 Å². The molecule has 0 bridgehead atoms. The molecule has 0 aromatic rings. The Balaban J connectivity index is 2.55. The van der Waals surface area contributed by atoms with Crippen LogP contribution < -0.4 is 5.32 Å². The Morgan fingerprint density at radius 3 is 2.76 bits per heavy atom. The van der Waals surface area contributed by atoms with Gasteiger partial charge in [-0.05, 0) is 50.5 Å². The second-order valence-electron chi connectivity index (χ2n) is 6.27. The molecule has 1 saturated carbocycles. The number of hydrogen-bond donors (Lipinski definition) is 2. The van der Waals surface area contributed by atoms with E-state index in [1.165, 1.54) is 38.5 Å². The van der Waals surface area contributed by atoms with Crippen LogP contribution in [-0.4, -0.2) is 23.8 Å². The number of aliphatic hydroxyl groups excluding tert-OH is 1. The highest BCUT2D eigenvalue weighted by Crippen LogP contribution is 2.37. The molecule has 2 heteroatoms. The molecule has 0 amide bonds. The first kappa shape index (κ1) is 15.0. The predicted molar refractivity (Wildman–Crippen MR) is 74.1 cm³/mol. The Hall–Kier alpha value is -0.0800. The third-order valence-electron chi connectivity index (χ3n) is 4.09. The molecule has 2 atom stereocenters. The molecular formula is C15H31NO.